The molecular weight excluding hydrogens is 152 g/mol. The fourth-order valence-corrected chi connectivity index (χ4v) is 0. The van der Waals surface area contributed by atoms with E-state index in [1.807, 2.05) is 0 Å². The second kappa shape index (κ2) is 5.30. The average Bonchev–Trinajstić information content (AvgIpc) is 1.35. The highest BCUT2D eigenvalue weighted by atomic mass is 35.5. The third-order valence-corrected chi connectivity index (χ3v) is 1.21. The molecule has 4 nitrogen and oxygen atoms in total. The molecule has 0 aliphatic rings. The summed E-state index contributed by atoms with van der Waals surface area (Å²) in [6.45, 7) is 1.50. The molecule has 0 aromatic rings. The van der Waals surface area contributed by atoms with Crippen molar-refractivity contribution >= 4 is 22.4 Å². The first-order valence-electron chi connectivity index (χ1n) is 1.56. The Morgan fingerprint density at radius 1 is 1.50 bits per heavy atom. The van der Waals surface area contributed by atoms with Crippen molar-refractivity contribution in [1.29, 1.82) is 0 Å². The molecule has 0 unspecified atom stereocenters. The number of nitrogens with two attached hydrogens (primary N) is 1. The van der Waals surface area contributed by atoms with Gasteiger partial charge in [0.2, 0.25) is 10.0 Å². The number of hydrogen-bond donors (Lipinski definition) is 2. The number of sulfonamides is 1. The molecule has 0 fully saturated rings. The second-order valence-corrected chi connectivity index (χ2v) is 2.85. The fraction of sp³-hybridized carbons (Fsp3) is 1.00. The first kappa shape index (κ1) is 15.7. The predicted molar refractivity (Wildman–Crippen MR) is 35.9 cm³/mol. The normalized spacial score (nSPS) is 8.75. The monoisotopic (exact) mass is 162 g/mol. The Bertz CT molecular complexity index is 120. The maximum atomic E-state index is 9.78. The second-order valence-electron chi connectivity index (χ2n) is 0.952. The van der Waals surface area contributed by atoms with E-state index in [-0.39, 0.29) is 24.3 Å². The van der Waals surface area contributed by atoms with E-state index in [1.165, 1.54) is 6.92 Å². The molecule has 0 heterocycles. The summed E-state index contributed by atoms with van der Waals surface area (Å²) in [5, 5.41) is 4.51. The van der Waals surface area contributed by atoms with Crippen LogP contribution in [0.3, 0.4) is 0 Å². The fourth-order valence-electron chi connectivity index (χ4n) is 0. The van der Waals surface area contributed by atoms with Gasteiger partial charge in [-0.2, -0.15) is 0 Å². The summed E-state index contributed by atoms with van der Waals surface area (Å²) in [5.41, 5.74) is 0. The van der Waals surface area contributed by atoms with Crippen LogP contribution in [0.5, 0.6) is 0 Å². The Kier molecular flexibility index (Phi) is 10.4. The van der Waals surface area contributed by atoms with Gasteiger partial charge in [0.15, 0.2) is 0 Å². The van der Waals surface area contributed by atoms with Gasteiger partial charge >= 0.3 is 0 Å². The van der Waals surface area contributed by atoms with Gasteiger partial charge in [0, 0.05) is 0 Å². The van der Waals surface area contributed by atoms with E-state index < -0.39 is 10.0 Å². The van der Waals surface area contributed by atoms with E-state index >= 15 is 0 Å². The molecule has 0 rings (SSSR count). The summed E-state index contributed by atoms with van der Waals surface area (Å²) in [7, 11) is -3.16. The van der Waals surface area contributed by atoms with Crippen LogP contribution in [-0.2, 0) is 10.0 Å². The lowest BCUT2D eigenvalue weighted by Crippen LogP contribution is -2.13. The highest BCUT2D eigenvalue weighted by Gasteiger charge is 1.90. The molecule has 6 heteroatoms. The summed E-state index contributed by atoms with van der Waals surface area (Å²) in [6, 6.07) is 0. The SMILES string of the molecule is CCS(N)(=O)=O.Cl.N. The Balaban J connectivity index is -0.000000125. The Hall–Kier alpha value is 0.160. The lowest BCUT2D eigenvalue weighted by Gasteiger charge is -1.81. The van der Waals surface area contributed by atoms with Crippen molar-refractivity contribution in [2.24, 2.45) is 5.14 Å². The van der Waals surface area contributed by atoms with Crippen molar-refractivity contribution in [2.45, 2.75) is 6.92 Å². The van der Waals surface area contributed by atoms with Gasteiger partial charge in [-0.1, -0.05) is 0 Å². The molecule has 0 spiro atoms. The van der Waals surface area contributed by atoms with Crippen LogP contribution in [0, 0.1) is 0 Å². The van der Waals surface area contributed by atoms with Crippen LogP contribution in [0.15, 0.2) is 0 Å². The zero-order chi connectivity index (χ0) is 5.21. The standard InChI is InChI=1S/C2H7NO2S.ClH.H3N/c1-2-6(3,4)5;;/h2H2,1H3,(H2,3,4,5);1H;1H3. The van der Waals surface area contributed by atoms with Crippen LogP contribution in [0.4, 0.5) is 0 Å². The van der Waals surface area contributed by atoms with Crippen molar-refractivity contribution in [3.05, 3.63) is 0 Å². The largest absolute Gasteiger partial charge is 0.344 e. The molecule has 0 aliphatic carbocycles. The summed E-state index contributed by atoms with van der Waals surface area (Å²) in [4.78, 5) is 0. The average molecular weight is 163 g/mol. The molecule has 0 amide bonds. The van der Waals surface area contributed by atoms with Crippen molar-refractivity contribution in [2.75, 3.05) is 5.75 Å². The van der Waals surface area contributed by atoms with Crippen molar-refractivity contribution < 1.29 is 8.42 Å². The van der Waals surface area contributed by atoms with Gasteiger partial charge in [0.25, 0.3) is 0 Å². The zero-order valence-corrected chi connectivity index (χ0v) is 6.26. The van der Waals surface area contributed by atoms with Crippen LogP contribution in [0.25, 0.3) is 0 Å². The van der Waals surface area contributed by atoms with E-state index in [0.29, 0.717) is 0 Å². The summed E-state index contributed by atoms with van der Waals surface area (Å²) < 4.78 is 19.6. The highest BCUT2D eigenvalue weighted by Crippen LogP contribution is 1.68. The third kappa shape index (κ3) is 16.4. The van der Waals surface area contributed by atoms with Gasteiger partial charge in [-0.05, 0) is 6.92 Å². The molecule has 0 aromatic carbocycles. The van der Waals surface area contributed by atoms with E-state index in [2.05, 4.69) is 5.14 Å². The minimum Gasteiger partial charge on any atom is -0.344 e. The van der Waals surface area contributed by atoms with Crippen molar-refractivity contribution in [3.8, 4) is 0 Å². The molecule has 0 bridgehead atoms. The molecule has 8 heavy (non-hydrogen) atoms. The minimum absolute atomic E-state index is 0. The summed E-state index contributed by atoms with van der Waals surface area (Å²) in [6.07, 6.45) is 0. The van der Waals surface area contributed by atoms with Crippen LogP contribution in [0.1, 0.15) is 6.92 Å². The van der Waals surface area contributed by atoms with E-state index in [0.717, 1.165) is 0 Å². The molecule has 0 saturated heterocycles. The first-order valence-corrected chi connectivity index (χ1v) is 3.28. The molecule has 0 saturated carbocycles. The summed E-state index contributed by atoms with van der Waals surface area (Å²) in [5.74, 6) is 0.0208. The minimum atomic E-state index is -3.16. The Labute approximate surface area is 55.5 Å². The van der Waals surface area contributed by atoms with Gasteiger partial charge in [-0.15, -0.1) is 12.4 Å². The van der Waals surface area contributed by atoms with Crippen molar-refractivity contribution in [1.82, 2.24) is 6.15 Å². The molecule has 0 radical (unpaired) electrons. The van der Waals surface area contributed by atoms with Gasteiger partial charge < -0.3 is 6.15 Å². The molecule has 5 N–H and O–H groups in total. The van der Waals surface area contributed by atoms with Crippen molar-refractivity contribution in [3.63, 3.8) is 0 Å². The maximum absolute atomic E-state index is 9.78. The smallest absolute Gasteiger partial charge is 0.208 e. The topological polar surface area (TPSA) is 95.2 Å². The predicted octanol–water partition coefficient (Wildman–Crippen LogP) is -0.121. The Morgan fingerprint density at radius 3 is 1.62 bits per heavy atom. The molecule has 0 aromatic heterocycles. The number of hydrogen-bond acceptors (Lipinski definition) is 3. The summed E-state index contributed by atoms with van der Waals surface area (Å²) >= 11 is 0. The number of rotatable bonds is 1. The van der Waals surface area contributed by atoms with Crippen LogP contribution >= 0.6 is 12.4 Å². The van der Waals surface area contributed by atoms with Gasteiger partial charge in [0.1, 0.15) is 0 Å². The van der Waals surface area contributed by atoms with E-state index in [9.17, 15) is 8.42 Å². The first-order chi connectivity index (χ1) is 2.56. The highest BCUT2D eigenvalue weighted by molar-refractivity contribution is 7.89. The Morgan fingerprint density at radius 2 is 1.62 bits per heavy atom. The lowest BCUT2D eigenvalue weighted by atomic mass is 11.0. The van der Waals surface area contributed by atoms with Gasteiger partial charge in [-0.25, -0.2) is 13.6 Å². The quantitative estimate of drug-likeness (QED) is 0.563. The number of halogens is 1. The van der Waals surface area contributed by atoms with E-state index in [1.54, 1.807) is 0 Å². The molecule has 0 atom stereocenters. The lowest BCUT2D eigenvalue weighted by molar-refractivity contribution is 0.599. The van der Waals surface area contributed by atoms with Gasteiger partial charge in [-0.3, -0.25) is 0 Å². The van der Waals surface area contributed by atoms with Crippen LogP contribution < -0.4 is 11.3 Å². The molecule has 0 aliphatic heterocycles. The maximum Gasteiger partial charge on any atom is 0.208 e. The zero-order valence-electron chi connectivity index (χ0n) is 4.62. The van der Waals surface area contributed by atoms with E-state index in [4.69, 9.17) is 0 Å². The third-order valence-electron chi connectivity index (χ3n) is 0.402. The molecule has 54 valence electrons. The van der Waals surface area contributed by atoms with Crippen LogP contribution in [-0.4, -0.2) is 14.2 Å². The number of primary sulfonamides is 1. The van der Waals surface area contributed by atoms with Crippen LogP contribution in [0.2, 0.25) is 0 Å². The molecular formula is C2H11ClN2O2S. The van der Waals surface area contributed by atoms with Gasteiger partial charge in [0.05, 0.1) is 5.75 Å².